The molecule has 0 bridgehead atoms. The highest BCUT2D eigenvalue weighted by molar-refractivity contribution is 5.61. The lowest BCUT2D eigenvalue weighted by molar-refractivity contribution is 0.154. The molecule has 2 atom stereocenters. The summed E-state index contributed by atoms with van der Waals surface area (Å²) in [5, 5.41) is 16.1. The first kappa shape index (κ1) is 18.5. The van der Waals surface area contributed by atoms with Crippen LogP contribution in [0.15, 0.2) is 28.7 Å². The third kappa shape index (κ3) is 3.23. The van der Waals surface area contributed by atoms with Crippen molar-refractivity contribution in [1.29, 1.82) is 0 Å². The van der Waals surface area contributed by atoms with Crippen molar-refractivity contribution in [2.75, 3.05) is 6.61 Å². The van der Waals surface area contributed by atoms with Gasteiger partial charge in [0.05, 0.1) is 17.0 Å². The summed E-state index contributed by atoms with van der Waals surface area (Å²) in [7, 11) is 0. The van der Waals surface area contributed by atoms with Gasteiger partial charge in [-0.15, -0.1) is 5.10 Å². The summed E-state index contributed by atoms with van der Waals surface area (Å²) in [5.74, 6) is -0.696. The summed E-state index contributed by atoms with van der Waals surface area (Å²) in [5.41, 5.74) is 1.30. The van der Waals surface area contributed by atoms with Gasteiger partial charge in [0.25, 0.3) is 0 Å². The first-order valence-corrected chi connectivity index (χ1v) is 9.13. The average Bonchev–Trinajstić information content (AvgIpc) is 3.09. The minimum absolute atomic E-state index is 0.108. The molecule has 146 valence electrons. The van der Waals surface area contributed by atoms with Crippen molar-refractivity contribution in [3.8, 4) is 17.3 Å². The molecular weight excluding hydrogens is 366 g/mol. The molecule has 1 aliphatic carbocycles. The van der Waals surface area contributed by atoms with Crippen LogP contribution in [0.1, 0.15) is 49.8 Å². The van der Waals surface area contributed by atoms with Crippen LogP contribution in [0.5, 0.6) is 6.08 Å². The highest BCUT2D eigenvalue weighted by Gasteiger charge is 2.38. The maximum atomic E-state index is 14.2. The van der Waals surface area contributed by atoms with Gasteiger partial charge in [-0.1, -0.05) is 25.0 Å². The minimum atomic E-state index is -0.657. The van der Waals surface area contributed by atoms with Gasteiger partial charge in [-0.3, -0.25) is 0 Å². The maximum Gasteiger partial charge on any atom is 0.414 e. The van der Waals surface area contributed by atoms with Crippen LogP contribution in [-0.4, -0.2) is 27.0 Å². The van der Waals surface area contributed by atoms with Crippen molar-refractivity contribution in [2.45, 2.75) is 44.9 Å². The van der Waals surface area contributed by atoms with Gasteiger partial charge in [0.15, 0.2) is 0 Å². The molecular formula is C20H20F2N4O2. The van der Waals surface area contributed by atoms with E-state index in [1.165, 1.54) is 18.2 Å². The summed E-state index contributed by atoms with van der Waals surface area (Å²) in [4.78, 5) is 0. The smallest absolute Gasteiger partial charge is 0.414 e. The Bertz CT molecular complexity index is 1000. The lowest BCUT2D eigenvalue weighted by Gasteiger charge is -2.36. The number of nitrogens with zero attached hydrogens (tertiary/aromatic N) is 4. The molecule has 0 saturated heterocycles. The van der Waals surface area contributed by atoms with Crippen LogP contribution in [-0.2, 0) is 5.41 Å². The van der Waals surface area contributed by atoms with E-state index in [1.54, 1.807) is 13.0 Å². The Hall–Kier alpha value is -2.90. The van der Waals surface area contributed by atoms with Gasteiger partial charge in [-0.05, 0) is 42.5 Å². The Morgan fingerprint density at radius 1 is 1.18 bits per heavy atom. The average molecular weight is 386 g/mol. The summed E-state index contributed by atoms with van der Waals surface area (Å²) in [6, 6.07) is 5.50. The molecule has 3 aromatic rings. The number of aromatic nitrogens is 4. The molecule has 4 rings (SSSR count). The Morgan fingerprint density at radius 2 is 1.93 bits per heavy atom. The van der Waals surface area contributed by atoms with Crippen LogP contribution in [0.3, 0.4) is 0 Å². The quantitative estimate of drug-likeness (QED) is 0.664. The summed E-state index contributed by atoms with van der Waals surface area (Å²) in [6.45, 7) is 6.08. The van der Waals surface area contributed by atoms with Gasteiger partial charge in [-0.25, -0.2) is 8.78 Å². The van der Waals surface area contributed by atoms with E-state index in [0.717, 1.165) is 24.1 Å². The van der Waals surface area contributed by atoms with E-state index in [2.05, 4.69) is 27.3 Å². The van der Waals surface area contributed by atoms with E-state index in [-0.39, 0.29) is 29.9 Å². The van der Waals surface area contributed by atoms with E-state index in [9.17, 15) is 8.78 Å². The third-order valence-corrected chi connectivity index (χ3v) is 5.30. The largest absolute Gasteiger partial charge is 0.448 e. The van der Waals surface area contributed by atoms with Crippen molar-refractivity contribution in [3.05, 3.63) is 53.0 Å². The second-order valence-corrected chi connectivity index (χ2v) is 7.51. The van der Waals surface area contributed by atoms with E-state index in [0.29, 0.717) is 5.89 Å². The molecule has 1 aromatic carbocycles. The van der Waals surface area contributed by atoms with Crippen LogP contribution in [0.25, 0.3) is 11.3 Å². The molecule has 0 saturated carbocycles. The van der Waals surface area contributed by atoms with Crippen molar-refractivity contribution in [3.63, 3.8) is 0 Å². The van der Waals surface area contributed by atoms with Crippen molar-refractivity contribution >= 4 is 0 Å². The number of ether oxygens (including phenoxy) is 1. The SMILES string of the molecule is Cc1nnc(OC[C@@]2(C)CC[C@H](C)c3cc(-c4c(F)cccc4F)nnc32)o1. The highest BCUT2D eigenvalue weighted by Crippen LogP contribution is 2.42. The zero-order chi connectivity index (χ0) is 19.9. The van der Waals surface area contributed by atoms with Gasteiger partial charge in [-0.2, -0.15) is 10.2 Å². The normalized spacial score (nSPS) is 21.4. The number of halogens is 2. The molecule has 0 N–H and O–H groups in total. The van der Waals surface area contributed by atoms with Crippen LogP contribution in [0.2, 0.25) is 0 Å². The Morgan fingerprint density at radius 3 is 2.61 bits per heavy atom. The predicted octanol–water partition coefficient (Wildman–Crippen LogP) is 4.35. The number of benzene rings is 1. The van der Waals surface area contributed by atoms with Crippen molar-refractivity contribution in [2.24, 2.45) is 0 Å². The van der Waals surface area contributed by atoms with E-state index in [4.69, 9.17) is 9.15 Å². The molecule has 1 aliphatic rings. The van der Waals surface area contributed by atoms with Gasteiger partial charge < -0.3 is 9.15 Å². The molecule has 2 aromatic heterocycles. The minimum Gasteiger partial charge on any atom is -0.448 e. The molecule has 0 spiro atoms. The number of aryl methyl sites for hydroxylation is 1. The third-order valence-electron chi connectivity index (χ3n) is 5.30. The number of hydrogen-bond donors (Lipinski definition) is 0. The first-order chi connectivity index (χ1) is 13.4. The van der Waals surface area contributed by atoms with E-state index < -0.39 is 17.0 Å². The lowest BCUT2D eigenvalue weighted by Crippen LogP contribution is -2.36. The van der Waals surface area contributed by atoms with Gasteiger partial charge >= 0.3 is 6.08 Å². The maximum absolute atomic E-state index is 14.2. The van der Waals surface area contributed by atoms with Crippen molar-refractivity contribution < 1.29 is 17.9 Å². The lowest BCUT2D eigenvalue weighted by atomic mass is 9.71. The molecule has 28 heavy (non-hydrogen) atoms. The second-order valence-electron chi connectivity index (χ2n) is 7.51. The fourth-order valence-corrected chi connectivity index (χ4v) is 3.62. The Kier molecular flexibility index (Phi) is 4.56. The molecule has 8 heteroatoms. The number of rotatable bonds is 4. The van der Waals surface area contributed by atoms with Gasteiger partial charge in [0.1, 0.15) is 18.2 Å². The van der Waals surface area contributed by atoms with Crippen LogP contribution in [0, 0.1) is 18.6 Å². The summed E-state index contributed by atoms with van der Waals surface area (Å²) < 4.78 is 39.3. The van der Waals surface area contributed by atoms with Gasteiger partial charge in [0, 0.05) is 12.3 Å². The zero-order valence-corrected chi connectivity index (χ0v) is 15.9. The number of hydrogen-bond acceptors (Lipinski definition) is 6. The van der Waals surface area contributed by atoms with Crippen LogP contribution in [0.4, 0.5) is 8.78 Å². The Balaban J connectivity index is 1.69. The zero-order valence-electron chi connectivity index (χ0n) is 15.9. The molecule has 6 nitrogen and oxygen atoms in total. The Labute approximate surface area is 161 Å². The summed E-state index contributed by atoms with van der Waals surface area (Å²) in [6.07, 6.45) is 1.83. The van der Waals surface area contributed by atoms with Crippen molar-refractivity contribution in [1.82, 2.24) is 20.4 Å². The summed E-state index contributed by atoms with van der Waals surface area (Å²) >= 11 is 0. The van der Waals surface area contributed by atoms with Gasteiger partial charge in [0.2, 0.25) is 5.89 Å². The second kappa shape index (κ2) is 6.92. The molecule has 0 unspecified atom stereocenters. The monoisotopic (exact) mass is 386 g/mol. The first-order valence-electron chi connectivity index (χ1n) is 9.13. The predicted molar refractivity (Wildman–Crippen MR) is 96.9 cm³/mol. The standard InChI is InChI=1S/C20H20F2N4O2/c1-11-7-8-20(3,10-27-19-26-23-12(2)28-19)18-13(11)9-16(24-25-18)17-14(21)5-4-6-15(17)22/h4-6,9,11H,7-8,10H2,1-3H3/t11-,20+/m0/s1. The van der Waals surface area contributed by atoms with E-state index in [1.807, 2.05) is 6.92 Å². The molecule has 0 radical (unpaired) electrons. The number of fused-ring (bicyclic) bond motifs is 1. The fourth-order valence-electron chi connectivity index (χ4n) is 3.62. The molecule has 0 amide bonds. The van der Waals surface area contributed by atoms with Crippen LogP contribution < -0.4 is 4.74 Å². The topological polar surface area (TPSA) is 73.9 Å². The molecule has 2 heterocycles. The highest BCUT2D eigenvalue weighted by atomic mass is 19.1. The van der Waals surface area contributed by atoms with Crippen LogP contribution >= 0.6 is 0 Å². The molecule has 0 fully saturated rings. The van der Waals surface area contributed by atoms with E-state index >= 15 is 0 Å². The fraction of sp³-hybridized carbons (Fsp3) is 0.400. The molecule has 0 aliphatic heterocycles.